The van der Waals surface area contributed by atoms with Crippen LogP contribution in [0.1, 0.15) is 22.5 Å². The fraction of sp³-hybridized carbons (Fsp3) is 0.467. The van der Waals surface area contributed by atoms with Crippen LogP contribution in [-0.4, -0.2) is 30.6 Å². The van der Waals surface area contributed by atoms with E-state index in [4.69, 9.17) is 0 Å². The summed E-state index contributed by atoms with van der Waals surface area (Å²) in [5.41, 5.74) is 1.15. The van der Waals surface area contributed by atoms with Crippen molar-refractivity contribution in [3.8, 4) is 0 Å². The van der Waals surface area contributed by atoms with Crippen molar-refractivity contribution in [1.82, 2.24) is 15.6 Å². The topological polar surface area (TPSA) is 49.3 Å². The van der Waals surface area contributed by atoms with Gasteiger partial charge in [0.15, 0.2) is 5.96 Å². The number of hydrogen-bond acceptors (Lipinski definition) is 4. The first-order chi connectivity index (χ1) is 10.7. The summed E-state index contributed by atoms with van der Waals surface area (Å²) in [4.78, 5) is 10.5. The summed E-state index contributed by atoms with van der Waals surface area (Å²) in [6.07, 6.45) is 1.92. The van der Waals surface area contributed by atoms with Crippen LogP contribution in [-0.2, 0) is 12.8 Å². The summed E-state index contributed by atoms with van der Waals surface area (Å²) in [5, 5.41) is 9.91. The van der Waals surface area contributed by atoms with Gasteiger partial charge in [0.1, 0.15) is 0 Å². The van der Waals surface area contributed by atoms with Crippen LogP contribution < -0.4 is 10.6 Å². The lowest BCUT2D eigenvalue weighted by atomic mass is 10.3. The third-order valence-corrected chi connectivity index (χ3v) is 5.72. The molecule has 2 N–H and O–H groups in total. The minimum absolute atomic E-state index is 0.807. The molecule has 0 spiro atoms. The molecular weight excluding hydrogens is 427 g/mol. The lowest BCUT2D eigenvalue weighted by molar-refractivity contribution is 0.788. The number of thiophene rings is 1. The lowest BCUT2D eigenvalue weighted by Gasteiger charge is -2.10. The van der Waals surface area contributed by atoms with Crippen molar-refractivity contribution in [2.24, 2.45) is 4.99 Å². The van der Waals surface area contributed by atoms with E-state index in [1.165, 1.54) is 7.76 Å². The molecule has 22 heavy (non-hydrogen) atoms. The molecule has 0 saturated carbocycles. The summed E-state index contributed by atoms with van der Waals surface area (Å²) >= 11 is 5.90. The average molecular weight is 448 g/mol. The first-order valence-corrected chi connectivity index (χ1v) is 10.1. The smallest absolute Gasteiger partial charge is 0.191 e. The van der Waals surface area contributed by atoms with Gasteiger partial charge in [0.2, 0.25) is 0 Å². The van der Waals surface area contributed by atoms with E-state index in [1.807, 2.05) is 18.3 Å². The molecule has 0 unspecified atom stereocenters. The molecule has 2 heterocycles. The molecular formula is C15H21IN4S2. The molecule has 0 atom stereocenters. The number of nitrogens with zero attached hydrogens (tertiary/aromatic N) is 2. The normalized spacial score (nSPS) is 11.7. The summed E-state index contributed by atoms with van der Waals surface area (Å²) in [6, 6.07) is 4.34. The third kappa shape index (κ3) is 6.21. The summed E-state index contributed by atoms with van der Waals surface area (Å²) in [5.74, 6) is 0.890. The first kappa shape index (κ1) is 17.7. The third-order valence-electron chi connectivity index (χ3n) is 2.94. The van der Waals surface area contributed by atoms with Gasteiger partial charge in [-0.3, -0.25) is 4.99 Å². The highest BCUT2D eigenvalue weighted by molar-refractivity contribution is 14.1. The number of nitrogens with one attached hydrogen (secondary N) is 2. The van der Waals surface area contributed by atoms with Gasteiger partial charge in [0, 0.05) is 42.7 Å². The number of guanidine groups is 1. The van der Waals surface area contributed by atoms with Gasteiger partial charge < -0.3 is 10.6 Å². The van der Waals surface area contributed by atoms with Crippen molar-refractivity contribution in [3.05, 3.63) is 36.0 Å². The van der Waals surface area contributed by atoms with Gasteiger partial charge >= 0.3 is 0 Å². The second-order valence-electron chi connectivity index (χ2n) is 4.75. The van der Waals surface area contributed by atoms with Crippen molar-refractivity contribution in [2.45, 2.75) is 26.7 Å². The molecule has 0 aliphatic rings. The minimum Gasteiger partial charge on any atom is -0.357 e. The van der Waals surface area contributed by atoms with E-state index >= 15 is 0 Å². The van der Waals surface area contributed by atoms with Crippen LogP contribution in [0.25, 0.3) is 0 Å². The Morgan fingerprint density at radius 1 is 1.32 bits per heavy atom. The zero-order chi connectivity index (χ0) is 15.8. The van der Waals surface area contributed by atoms with Crippen molar-refractivity contribution in [3.63, 3.8) is 0 Å². The van der Waals surface area contributed by atoms with Crippen LogP contribution in [0.2, 0.25) is 0 Å². The quantitative estimate of drug-likeness (QED) is 0.388. The Bertz CT molecular complexity index is 606. The van der Waals surface area contributed by atoms with Gasteiger partial charge in [0.25, 0.3) is 0 Å². The maximum atomic E-state index is 4.64. The standard InChI is InChI=1S/C15H21IN4S2/c1-3-17-15(18-8-6-12-10-21-11(2)20-12)19-9-7-13-4-5-14(16)22-13/h4-5,10H,3,6-9H2,1-2H3,(H2,17,18,19). The van der Waals surface area contributed by atoms with Gasteiger partial charge in [0.05, 0.1) is 13.6 Å². The monoisotopic (exact) mass is 448 g/mol. The van der Waals surface area contributed by atoms with Crippen LogP contribution in [0.3, 0.4) is 0 Å². The Hall–Kier alpha value is -0.670. The summed E-state index contributed by atoms with van der Waals surface area (Å²) < 4.78 is 1.33. The highest BCUT2D eigenvalue weighted by Gasteiger charge is 2.01. The first-order valence-electron chi connectivity index (χ1n) is 7.34. The van der Waals surface area contributed by atoms with E-state index in [0.29, 0.717) is 0 Å². The minimum atomic E-state index is 0.807. The molecule has 0 bridgehead atoms. The molecule has 2 rings (SSSR count). The number of aliphatic imine (C=N–C) groups is 1. The molecule has 0 aliphatic heterocycles. The lowest BCUT2D eigenvalue weighted by Crippen LogP contribution is -2.38. The van der Waals surface area contributed by atoms with Crippen molar-refractivity contribution in [1.29, 1.82) is 0 Å². The van der Waals surface area contributed by atoms with E-state index in [-0.39, 0.29) is 0 Å². The maximum Gasteiger partial charge on any atom is 0.191 e. The van der Waals surface area contributed by atoms with Crippen LogP contribution in [0.15, 0.2) is 22.5 Å². The average Bonchev–Trinajstić information content (AvgIpc) is 3.08. The fourth-order valence-corrected chi connectivity index (χ4v) is 4.33. The van der Waals surface area contributed by atoms with Gasteiger partial charge in [-0.15, -0.1) is 22.7 Å². The van der Waals surface area contributed by atoms with Gasteiger partial charge in [-0.2, -0.15) is 0 Å². The highest BCUT2D eigenvalue weighted by atomic mass is 127. The van der Waals surface area contributed by atoms with Crippen LogP contribution in [0, 0.1) is 9.81 Å². The number of hydrogen-bond donors (Lipinski definition) is 2. The number of aromatic nitrogens is 1. The molecule has 120 valence electrons. The van der Waals surface area contributed by atoms with E-state index in [0.717, 1.165) is 49.1 Å². The zero-order valence-electron chi connectivity index (χ0n) is 12.9. The predicted octanol–water partition coefficient (Wildman–Crippen LogP) is 3.46. The number of thiazole rings is 1. The van der Waals surface area contributed by atoms with Gasteiger partial charge in [-0.1, -0.05) is 0 Å². The number of rotatable bonds is 7. The summed E-state index contributed by atoms with van der Waals surface area (Å²) in [6.45, 7) is 6.66. The SMILES string of the molecule is CCNC(=NCCc1ccc(I)s1)NCCc1csc(C)n1. The Kier molecular flexibility index (Phi) is 7.61. The van der Waals surface area contributed by atoms with E-state index in [9.17, 15) is 0 Å². The van der Waals surface area contributed by atoms with Crippen molar-refractivity contribution < 1.29 is 0 Å². The molecule has 0 amide bonds. The molecule has 0 radical (unpaired) electrons. The van der Waals surface area contributed by atoms with Gasteiger partial charge in [-0.05, 0) is 48.6 Å². The molecule has 2 aromatic rings. The van der Waals surface area contributed by atoms with E-state index in [1.54, 1.807) is 11.3 Å². The van der Waals surface area contributed by atoms with Crippen LogP contribution in [0.4, 0.5) is 0 Å². The van der Waals surface area contributed by atoms with Gasteiger partial charge in [-0.25, -0.2) is 4.98 Å². The second-order valence-corrected chi connectivity index (χ2v) is 8.88. The fourth-order valence-electron chi connectivity index (χ4n) is 1.94. The Morgan fingerprint density at radius 3 is 2.82 bits per heavy atom. The van der Waals surface area contributed by atoms with E-state index < -0.39 is 0 Å². The Morgan fingerprint density at radius 2 is 2.18 bits per heavy atom. The predicted molar refractivity (Wildman–Crippen MR) is 105 cm³/mol. The van der Waals surface area contributed by atoms with Crippen LogP contribution in [0.5, 0.6) is 0 Å². The molecule has 0 fully saturated rings. The molecule has 0 saturated heterocycles. The number of aryl methyl sites for hydroxylation is 1. The zero-order valence-corrected chi connectivity index (χ0v) is 16.6. The summed E-state index contributed by atoms with van der Waals surface area (Å²) in [7, 11) is 0. The van der Waals surface area contributed by atoms with E-state index in [2.05, 4.69) is 67.6 Å². The molecule has 0 aromatic carbocycles. The Balaban J connectivity index is 1.76. The van der Waals surface area contributed by atoms with Crippen molar-refractivity contribution in [2.75, 3.05) is 19.6 Å². The molecule has 7 heteroatoms. The molecule has 4 nitrogen and oxygen atoms in total. The number of halogens is 1. The van der Waals surface area contributed by atoms with Crippen LogP contribution >= 0.6 is 45.3 Å². The largest absolute Gasteiger partial charge is 0.357 e. The highest BCUT2D eigenvalue weighted by Crippen LogP contribution is 2.18. The molecule has 2 aromatic heterocycles. The second kappa shape index (κ2) is 9.46. The Labute approximate surface area is 153 Å². The molecule has 0 aliphatic carbocycles. The van der Waals surface area contributed by atoms with Crippen molar-refractivity contribution >= 4 is 51.2 Å². The maximum absolute atomic E-state index is 4.64.